The highest BCUT2D eigenvalue weighted by Crippen LogP contribution is 2.41. The van der Waals surface area contributed by atoms with E-state index in [1.165, 1.54) is 12.4 Å². The van der Waals surface area contributed by atoms with Gasteiger partial charge in [0.05, 0.1) is 49.5 Å². The largest absolute Gasteiger partial charge is 0.494 e. The molecular weight excluding hydrogens is 646 g/mol. The summed E-state index contributed by atoms with van der Waals surface area (Å²) >= 11 is 0. The number of ether oxygens (including phenoxy) is 3. The number of anilines is 5. The van der Waals surface area contributed by atoms with Crippen LogP contribution in [0.1, 0.15) is 37.8 Å². The van der Waals surface area contributed by atoms with Gasteiger partial charge >= 0.3 is 0 Å². The van der Waals surface area contributed by atoms with E-state index in [2.05, 4.69) is 50.0 Å². The maximum absolute atomic E-state index is 12.6. The molecule has 0 unspecified atom stereocenters. The number of hydrogen-bond donors (Lipinski definition) is 2. The fourth-order valence-electron chi connectivity index (χ4n) is 7.11. The summed E-state index contributed by atoms with van der Waals surface area (Å²) in [6.45, 7) is 10.8. The number of aromatic nitrogens is 2. The van der Waals surface area contributed by atoms with Gasteiger partial charge in [0.25, 0.3) is 0 Å². The molecular formula is C39H45N7O5. The number of nitrogens with one attached hydrogen (secondary N) is 2. The van der Waals surface area contributed by atoms with Crippen LogP contribution in [0.15, 0.2) is 91.8 Å². The molecule has 1 amide bonds. The van der Waals surface area contributed by atoms with Crippen molar-refractivity contribution >= 4 is 34.6 Å². The van der Waals surface area contributed by atoms with Crippen LogP contribution in [0.4, 0.5) is 28.7 Å². The van der Waals surface area contributed by atoms with Gasteiger partial charge in [0.15, 0.2) is 5.82 Å². The number of methoxy groups -OCH3 is 1. The molecule has 0 aliphatic carbocycles. The van der Waals surface area contributed by atoms with Crippen molar-refractivity contribution in [1.82, 2.24) is 14.9 Å². The average molecular weight is 692 g/mol. The van der Waals surface area contributed by atoms with Crippen molar-refractivity contribution in [3.63, 3.8) is 0 Å². The zero-order chi connectivity index (χ0) is 35.2. The van der Waals surface area contributed by atoms with E-state index in [-0.39, 0.29) is 18.1 Å². The third-order valence-corrected chi connectivity index (χ3v) is 9.62. The minimum absolute atomic E-state index is 0.0719. The Kier molecular flexibility index (Phi) is 10.6. The first-order chi connectivity index (χ1) is 25.0. The molecule has 266 valence electrons. The summed E-state index contributed by atoms with van der Waals surface area (Å²) in [6.07, 6.45) is 5.88. The van der Waals surface area contributed by atoms with Gasteiger partial charge in [-0.1, -0.05) is 36.9 Å². The molecule has 4 aromatic rings. The molecule has 3 saturated heterocycles. The summed E-state index contributed by atoms with van der Waals surface area (Å²) in [5.74, 6) is 3.02. The zero-order valence-electron chi connectivity index (χ0n) is 29.2. The number of hydrogen-bond acceptors (Lipinski definition) is 11. The second-order valence-electron chi connectivity index (χ2n) is 13.0. The first-order valence-corrected chi connectivity index (χ1v) is 17.6. The number of rotatable bonds is 11. The van der Waals surface area contributed by atoms with E-state index in [9.17, 15) is 4.79 Å². The van der Waals surface area contributed by atoms with Crippen molar-refractivity contribution in [2.24, 2.45) is 0 Å². The predicted octanol–water partition coefficient (Wildman–Crippen LogP) is 6.72. The number of nitrogens with zero attached hydrogens (tertiary/aromatic N) is 5. The first-order valence-electron chi connectivity index (χ1n) is 17.6. The standard InChI is InChI=1S/C39H45N7O5/c1-4-39(47)43-32-22-33(36(48-3)23-35(32)44-16-13-29(14-17-44)45-18-20-49-27(2)25-45)42-37-24-38(41-26-40-37)46-34(15-19-50-46)28-9-8-12-31(21-28)51-30-10-6-5-7-11-30/h4-12,21-24,26-27,29,34H,1,13-20,25H2,2-3H3,(H,43,47)(H,40,41,42)/t27-,34+/m0/s1. The molecule has 3 aromatic carbocycles. The smallest absolute Gasteiger partial charge is 0.247 e. The second kappa shape index (κ2) is 15.8. The van der Waals surface area contributed by atoms with Crippen LogP contribution in [-0.2, 0) is 14.4 Å². The van der Waals surface area contributed by atoms with Crippen LogP contribution in [0.5, 0.6) is 17.2 Å². The Morgan fingerprint density at radius 3 is 2.55 bits per heavy atom. The number of amides is 1. The number of piperidine rings is 1. The van der Waals surface area contributed by atoms with Crippen LogP contribution >= 0.6 is 0 Å². The van der Waals surface area contributed by atoms with Crippen molar-refractivity contribution in [3.05, 3.63) is 97.3 Å². The Balaban J connectivity index is 1.09. The van der Waals surface area contributed by atoms with E-state index >= 15 is 0 Å². The number of benzene rings is 3. The van der Waals surface area contributed by atoms with E-state index in [1.807, 2.05) is 71.8 Å². The molecule has 0 bridgehead atoms. The molecule has 2 atom stereocenters. The van der Waals surface area contributed by atoms with Gasteiger partial charge < -0.3 is 29.7 Å². The van der Waals surface area contributed by atoms with Crippen LogP contribution in [0, 0.1) is 0 Å². The lowest BCUT2D eigenvalue weighted by Crippen LogP contribution is -2.51. The van der Waals surface area contributed by atoms with Gasteiger partial charge in [-0.2, -0.15) is 0 Å². The SMILES string of the molecule is C=CC(=O)Nc1cc(Nc2cc(N3OCC[C@@H]3c3cccc(Oc4ccccc4)c3)ncn2)c(OC)cc1N1CCC(N2CCO[C@@H](C)C2)CC1. The van der Waals surface area contributed by atoms with Gasteiger partial charge in [-0.05, 0) is 61.7 Å². The summed E-state index contributed by atoms with van der Waals surface area (Å²) in [5.41, 5.74) is 3.26. The van der Waals surface area contributed by atoms with Crippen LogP contribution in [-0.4, -0.2) is 79.4 Å². The van der Waals surface area contributed by atoms with E-state index in [4.69, 9.17) is 19.0 Å². The second-order valence-corrected chi connectivity index (χ2v) is 13.0. The van der Waals surface area contributed by atoms with Gasteiger partial charge in [-0.15, -0.1) is 0 Å². The molecule has 12 heteroatoms. The molecule has 3 aliphatic rings. The molecule has 3 aliphatic heterocycles. The van der Waals surface area contributed by atoms with E-state index in [1.54, 1.807) is 7.11 Å². The molecule has 0 saturated carbocycles. The third kappa shape index (κ3) is 8.09. The van der Waals surface area contributed by atoms with Gasteiger partial charge in [0.1, 0.15) is 29.4 Å². The molecule has 0 radical (unpaired) electrons. The van der Waals surface area contributed by atoms with Crippen LogP contribution in [0.2, 0.25) is 0 Å². The van der Waals surface area contributed by atoms with E-state index in [0.29, 0.717) is 41.4 Å². The maximum Gasteiger partial charge on any atom is 0.247 e. The molecule has 1 aromatic heterocycles. The van der Waals surface area contributed by atoms with Crippen molar-refractivity contribution in [3.8, 4) is 17.2 Å². The Bertz CT molecular complexity index is 1820. The molecule has 51 heavy (non-hydrogen) atoms. The zero-order valence-corrected chi connectivity index (χ0v) is 29.2. The van der Waals surface area contributed by atoms with Gasteiger partial charge in [-0.3, -0.25) is 14.5 Å². The Labute approximate surface area is 298 Å². The number of hydroxylamine groups is 1. The van der Waals surface area contributed by atoms with Crippen molar-refractivity contribution in [2.75, 3.05) is 67.1 Å². The summed E-state index contributed by atoms with van der Waals surface area (Å²) in [4.78, 5) is 32.7. The molecule has 3 fully saturated rings. The number of carbonyl (C=O) groups excluding carboxylic acids is 1. The highest BCUT2D eigenvalue weighted by atomic mass is 16.7. The Morgan fingerprint density at radius 2 is 1.76 bits per heavy atom. The van der Waals surface area contributed by atoms with Crippen LogP contribution < -0.4 is 30.1 Å². The minimum Gasteiger partial charge on any atom is -0.494 e. The molecule has 4 heterocycles. The van der Waals surface area contributed by atoms with E-state index < -0.39 is 0 Å². The third-order valence-electron chi connectivity index (χ3n) is 9.62. The van der Waals surface area contributed by atoms with E-state index in [0.717, 1.165) is 74.8 Å². The minimum atomic E-state index is -0.288. The Hall–Kier alpha value is -5.17. The summed E-state index contributed by atoms with van der Waals surface area (Å²) in [7, 11) is 1.64. The van der Waals surface area contributed by atoms with Crippen LogP contribution in [0.25, 0.3) is 0 Å². The van der Waals surface area contributed by atoms with Crippen molar-refractivity contribution in [1.29, 1.82) is 0 Å². The summed E-state index contributed by atoms with van der Waals surface area (Å²) in [5, 5.41) is 8.25. The van der Waals surface area contributed by atoms with Gasteiger partial charge in [0.2, 0.25) is 5.91 Å². The predicted molar refractivity (Wildman–Crippen MR) is 198 cm³/mol. The maximum atomic E-state index is 12.6. The lowest BCUT2D eigenvalue weighted by atomic mass is 10.0. The topological polar surface area (TPSA) is 114 Å². The first kappa shape index (κ1) is 34.3. The van der Waals surface area contributed by atoms with Crippen molar-refractivity contribution in [2.45, 2.75) is 44.4 Å². The number of morpholine rings is 1. The molecule has 12 nitrogen and oxygen atoms in total. The monoisotopic (exact) mass is 691 g/mol. The fourth-order valence-corrected chi connectivity index (χ4v) is 7.11. The normalized spacial score (nSPS) is 19.8. The summed E-state index contributed by atoms with van der Waals surface area (Å²) < 4.78 is 17.8. The lowest BCUT2D eigenvalue weighted by Gasteiger charge is -2.42. The Morgan fingerprint density at radius 1 is 0.941 bits per heavy atom. The fraction of sp³-hybridized carbons (Fsp3) is 0.359. The van der Waals surface area contributed by atoms with Gasteiger partial charge in [0, 0.05) is 50.8 Å². The quantitative estimate of drug-likeness (QED) is 0.164. The van der Waals surface area contributed by atoms with Crippen LogP contribution in [0.3, 0.4) is 0 Å². The number of carbonyl (C=O) groups is 1. The molecule has 0 spiro atoms. The van der Waals surface area contributed by atoms with Gasteiger partial charge in [-0.25, -0.2) is 15.0 Å². The van der Waals surface area contributed by atoms with Crippen molar-refractivity contribution < 1.29 is 23.8 Å². The highest BCUT2D eigenvalue weighted by Gasteiger charge is 2.31. The number of para-hydroxylation sites is 1. The highest BCUT2D eigenvalue weighted by molar-refractivity contribution is 6.02. The summed E-state index contributed by atoms with van der Waals surface area (Å²) in [6, 6.07) is 23.9. The molecule has 7 rings (SSSR count). The lowest BCUT2D eigenvalue weighted by molar-refractivity contribution is -0.111. The average Bonchev–Trinajstić information content (AvgIpc) is 3.66. The molecule has 2 N–H and O–H groups in total.